The van der Waals surface area contributed by atoms with E-state index in [0.717, 1.165) is 21.4 Å². The molecule has 0 N–H and O–H groups in total. The molecule has 0 saturated heterocycles. The van der Waals surface area contributed by atoms with Crippen LogP contribution in [-0.4, -0.2) is 24.4 Å². The van der Waals surface area contributed by atoms with Crippen molar-refractivity contribution in [3.05, 3.63) is 99.0 Å². The molecule has 4 aromatic rings. The van der Waals surface area contributed by atoms with Crippen LogP contribution in [0.2, 0.25) is 0 Å². The van der Waals surface area contributed by atoms with E-state index in [1.807, 2.05) is 60.7 Å². The Morgan fingerprint density at radius 3 is 2.06 bits per heavy atom. The van der Waals surface area contributed by atoms with Gasteiger partial charge in [0.2, 0.25) is 0 Å². The summed E-state index contributed by atoms with van der Waals surface area (Å²) < 4.78 is 3.95. The largest absolute Gasteiger partial charge is 0.374 e. The molecule has 8 heteroatoms. The second-order valence-corrected chi connectivity index (χ2v) is 7.33. The Labute approximate surface area is 178 Å². The van der Waals surface area contributed by atoms with Crippen LogP contribution in [0.15, 0.2) is 81.7 Å². The van der Waals surface area contributed by atoms with Gasteiger partial charge in [-0.15, -0.1) is 0 Å². The molecular formula is C23H23N5O3. The summed E-state index contributed by atoms with van der Waals surface area (Å²) in [5.41, 5.74) is 2.91. The van der Waals surface area contributed by atoms with Crippen LogP contribution in [0.5, 0.6) is 0 Å². The van der Waals surface area contributed by atoms with Gasteiger partial charge in [-0.3, -0.25) is 18.5 Å². The van der Waals surface area contributed by atoms with Crippen LogP contribution in [0.25, 0.3) is 11.2 Å². The third-order valence-corrected chi connectivity index (χ3v) is 5.11. The van der Waals surface area contributed by atoms with E-state index in [0.29, 0.717) is 24.0 Å². The van der Waals surface area contributed by atoms with Crippen molar-refractivity contribution < 1.29 is 4.84 Å². The highest BCUT2D eigenvalue weighted by molar-refractivity contribution is 5.88. The van der Waals surface area contributed by atoms with E-state index in [1.165, 1.54) is 17.9 Å². The number of benzene rings is 2. The van der Waals surface area contributed by atoms with Gasteiger partial charge in [-0.05, 0) is 11.1 Å². The lowest BCUT2D eigenvalue weighted by Gasteiger charge is -2.09. The third kappa shape index (κ3) is 4.32. The van der Waals surface area contributed by atoms with Gasteiger partial charge < -0.3 is 4.84 Å². The first-order valence-corrected chi connectivity index (χ1v) is 9.91. The van der Waals surface area contributed by atoms with Gasteiger partial charge in [-0.2, -0.15) is 0 Å². The van der Waals surface area contributed by atoms with Crippen LogP contribution in [0.4, 0.5) is 0 Å². The number of fused-ring (bicyclic) bond motifs is 1. The SMILES string of the molecule is Cn1c(=O)c2c(ncn2CON=C(Cc2ccccc2)Cc2ccccc2)n(C)c1=O. The van der Waals surface area contributed by atoms with E-state index in [-0.39, 0.29) is 6.73 Å². The smallest absolute Gasteiger partial charge is 0.332 e. The maximum Gasteiger partial charge on any atom is 0.332 e. The highest BCUT2D eigenvalue weighted by Crippen LogP contribution is 2.09. The lowest BCUT2D eigenvalue weighted by molar-refractivity contribution is 0.0856. The van der Waals surface area contributed by atoms with Crippen LogP contribution in [-0.2, 0) is 38.5 Å². The Hall–Kier alpha value is -3.94. The quantitative estimate of drug-likeness (QED) is 0.341. The van der Waals surface area contributed by atoms with E-state index >= 15 is 0 Å². The lowest BCUT2D eigenvalue weighted by atomic mass is 10.0. The summed E-state index contributed by atoms with van der Waals surface area (Å²) in [5, 5.41) is 4.38. The van der Waals surface area contributed by atoms with E-state index in [2.05, 4.69) is 10.1 Å². The highest BCUT2D eigenvalue weighted by Gasteiger charge is 2.14. The van der Waals surface area contributed by atoms with Crippen LogP contribution >= 0.6 is 0 Å². The monoisotopic (exact) mass is 417 g/mol. The fourth-order valence-corrected chi connectivity index (χ4v) is 3.47. The van der Waals surface area contributed by atoms with Gasteiger partial charge in [0.1, 0.15) is 6.33 Å². The molecule has 0 saturated carbocycles. The van der Waals surface area contributed by atoms with Crippen molar-refractivity contribution in [2.75, 3.05) is 0 Å². The molecular weight excluding hydrogens is 394 g/mol. The lowest BCUT2D eigenvalue weighted by Crippen LogP contribution is -2.37. The predicted molar refractivity (Wildman–Crippen MR) is 119 cm³/mol. The first-order valence-electron chi connectivity index (χ1n) is 9.91. The highest BCUT2D eigenvalue weighted by atomic mass is 16.6. The van der Waals surface area contributed by atoms with Crippen molar-refractivity contribution in [1.29, 1.82) is 0 Å². The maximum atomic E-state index is 12.6. The number of hydrogen-bond acceptors (Lipinski definition) is 5. The molecule has 0 bridgehead atoms. The molecule has 0 atom stereocenters. The van der Waals surface area contributed by atoms with Gasteiger partial charge in [-0.25, -0.2) is 9.78 Å². The zero-order valence-electron chi connectivity index (χ0n) is 17.4. The minimum absolute atomic E-state index is 0.0109. The summed E-state index contributed by atoms with van der Waals surface area (Å²) >= 11 is 0. The number of nitrogens with zero attached hydrogens (tertiary/aromatic N) is 5. The van der Waals surface area contributed by atoms with Gasteiger partial charge in [0, 0.05) is 26.9 Å². The molecule has 4 rings (SSSR count). The number of aryl methyl sites for hydroxylation is 1. The normalized spacial score (nSPS) is 10.9. The maximum absolute atomic E-state index is 12.6. The number of rotatable bonds is 7. The average Bonchev–Trinajstić information content (AvgIpc) is 3.21. The minimum Gasteiger partial charge on any atom is -0.374 e. The fraction of sp³-hybridized carbons (Fsp3) is 0.217. The summed E-state index contributed by atoms with van der Waals surface area (Å²) in [5.74, 6) is 0. The summed E-state index contributed by atoms with van der Waals surface area (Å²) in [7, 11) is 3.02. The Bertz CT molecular complexity index is 1290. The molecule has 31 heavy (non-hydrogen) atoms. The van der Waals surface area contributed by atoms with Crippen LogP contribution in [0.1, 0.15) is 11.1 Å². The Balaban J connectivity index is 1.59. The molecule has 2 aromatic carbocycles. The van der Waals surface area contributed by atoms with Crippen LogP contribution < -0.4 is 11.2 Å². The zero-order valence-corrected chi connectivity index (χ0v) is 17.4. The molecule has 0 unspecified atom stereocenters. The van der Waals surface area contributed by atoms with Gasteiger partial charge in [-0.1, -0.05) is 65.8 Å². The van der Waals surface area contributed by atoms with E-state index < -0.39 is 11.2 Å². The van der Waals surface area contributed by atoms with Crippen molar-refractivity contribution in [2.24, 2.45) is 19.3 Å². The second kappa shape index (κ2) is 8.83. The van der Waals surface area contributed by atoms with Gasteiger partial charge in [0.05, 0.1) is 5.71 Å². The molecule has 0 fully saturated rings. The number of hydrogen-bond donors (Lipinski definition) is 0. The second-order valence-electron chi connectivity index (χ2n) is 7.33. The fourth-order valence-electron chi connectivity index (χ4n) is 3.47. The molecule has 8 nitrogen and oxygen atoms in total. The topological polar surface area (TPSA) is 83.4 Å². The molecule has 0 radical (unpaired) electrons. The van der Waals surface area contributed by atoms with E-state index in [4.69, 9.17) is 4.84 Å². The van der Waals surface area contributed by atoms with Crippen LogP contribution in [0, 0.1) is 0 Å². The molecule has 0 aliphatic carbocycles. The van der Waals surface area contributed by atoms with Crippen LogP contribution in [0.3, 0.4) is 0 Å². The molecule has 158 valence electrons. The summed E-state index contributed by atoms with van der Waals surface area (Å²) in [6, 6.07) is 20.1. The van der Waals surface area contributed by atoms with Gasteiger partial charge in [0.15, 0.2) is 17.9 Å². The molecule has 0 amide bonds. The first kappa shape index (κ1) is 20.3. The molecule has 0 aliphatic rings. The van der Waals surface area contributed by atoms with Gasteiger partial charge in [0.25, 0.3) is 5.56 Å². The summed E-state index contributed by atoms with van der Waals surface area (Å²) in [6.07, 6.45) is 2.78. The Morgan fingerprint density at radius 2 is 1.48 bits per heavy atom. The number of aromatic nitrogens is 4. The third-order valence-electron chi connectivity index (χ3n) is 5.11. The molecule has 0 spiro atoms. The van der Waals surface area contributed by atoms with Gasteiger partial charge >= 0.3 is 5.69 Å². The summed E-state index contributed by atoms with van der Waals surface area (Å²) in [4.78, 5) is 34.5. The first-order chi connectivity index (χ1) is 15.0. The van der Waals surface area contributed by atoms with E-state index in [9.17, 15) is 9.59 Å². The molecule has 0 aliphatic heterocycles. The minimum atomic E-state index is -0.422. The predicted octanol–water partition coefficient (Wildman–Crippen LogP) is 2.25. The summed E-state index contributed by atoms with van der Waals surface area (Å²) in [6.45, 7) is 0.0109. The molecule has 2 heterocycles. The van der Waals surface area contributed by atoms with Crippen molar-refractivity contribution in [2.45, 2.75) is 19.6 Å². The molecule has 2 aromatic heterocycles. The van der Waals surface area contributed by atoms with Crippen molar-refractivity contribution in [3.63, 3.8) is 0 Å². The average molecular weight is 417 g/mol. The van der Waals surface area contributed by atoms with Crippen molar-refractivity contribution >= 4 is 16.9 Å². The van der Waals surface area contributed by atoms with Crippen molar-refractivity contribution in [3.8, 4) is 0 Å². The standard InChI is InChI=1S/C23H23N5O3/c1-26-21-20(22(29)27(2)23(26)30)28(15-24-21)16-31-25-19(13-17-9-5-3-6-10-17)14-18-11-7-4-8-12-18/h3-12,15H,13-14,16H2,1-2H3. The van der Waals surface area contributed by atoms with E-state index in [1.54, 1.807) is 11.6 Å². The number of imidazole rings is 1. The zero-order chi connectivity index (χ0) is 21.8. The number of oxime groups is 1. The Morgan fingerprint density at radius 1 is 0.903 bits per heavy atom. The van der Waals surface area contributed by atoms with Crippen molar-refractivity contribution in [1.82, 2.24) is 18.7 Å². The Kier molecular flexibility index (Phi) is 5.79.